The van der Waals surface area contributed by atoms with Gasteiger partial charge in [0.2, 0.25) is 0 Å². The smallest absolute Gasteiger partial charge is 0.355 e. The van der Waals surface area contributed by atoms with Gasteiger partial charge >= 0.3 is 5.97 Å². The number of halogens is 1. The summed E-state index contributed by atoms with van der Waals surface area (Å²) in [6, 6.07) is 2.06. The van der Waals surface area contributed by atoms with Crippen molar-refractivity contribution in [2.45, 2.75) is 13.5 Å². The van der Waals surface area contributed by atoms with E-state index in [2.05, 4.69) is 32.4 Å². The zero-order valence-corrected chi connectivity index (χ0v) is 13.0. The van der Waals surface area contributed by atoms with Crippen LogP contribution in [0.1, 0.15) is 20.9 Å². The second kappa shape index (κ2) is 5.38. The van der Waals surface area contributed by atoms with E-state index in [4.69, 9.17) is 5.11 Å². The third kappa shape index (κ3) is 2.90. The highest BCUT2D eigenvalue weighted by Gasteiger charge is 2.16. The average Bonchev–Trinajstić information content (AvgIpc) is 2.85. The molecule has 1 N–H and O–H groups in total. The number of nitrogens with zero attached hydrogens (tertiary/aromatic N) is 2. The first-order valence-electron chi connectivity index (χ1n) is 5.12. The zero-order chi connectivity index (χ0) is 13.3. The van der Waals surface area contributed by atoms with Gasteiger partial charge in [-0.05, 0) is 39.9 Å². The highest BCUT2D eigenvalue weighted by molar-refractivity contribution is 9.11. The molecule has 18 heavy (non-hydrogen) atoms. The van der Waals surface area contributed by atoms with Crippen LogP contribution in [0.4, 0.5) is 5.13 Å². The number of carboxylic acid groups (broad SMARTS) is 1. The summed E-state index contributed by atoms with van der Waals surface area (Å²) >= 11 is 6.46. The van der Waals surface area contributed by atoms with E-state index in [1.165, 1.54) is 16.9 Å². The van der Waals surface area contributed by atoms with Crippen LogP contribution >= 0.6 is 38.6 Å². The molecule has 4 nitrogen and oxygen atoms in total. The van der Waals surface area contributed by atoms with Gasteiger partial charge in [0.15, 0.2) is 10.8 Å². The minimum Gasteiger partial charge on any atom is -0.476 e. The largest absolute Gasteiger partial charge is 0.476 e. The minimum atomic E-state index is -0.971. The molecular weight excluding hydrogens is 336 g/mol. The van der Waals surface area contributed by atoms with E-state index in [1.54, 1.807) is 18.3 Å². The number of hydrogen-bond acceptors (Lipinski definition) is 5. The van der Waals surface area contributed by atoms with Crippen molar-refractivity contribution in [1.29, 1.82) is 0 Å². The molecule has 0 saturated heterocycles. The van der Waals surface area contributed by atoms with Crippen LogP contribution in [0.5, 0.6) is 0 Å². The first-order chi connectivity index (χ1) is 8.47. The van der Waals surface area contributed by atoms with Crippen LogP contribution < -0.4 is 4.90 Å². The molecule has 2 heterocycles. The lowest BCUT2D eigenvalue weighted by Gasteiger charge is -2.14. The highest BCUT2D eigenvalue weighted by atomic mass is 79.9. The van der Waals surface area contributed by atoms with E-state index in [0.717, 1.165) is 13.8 Å². The topological polar surface area (TPSA) is 53.4 Å². The molecule has 2 aromatic heterocycles. The maximum atomic E-state index is 10.9. The molecule has 0 aromatic carbocycles. The zero-order valence-electron chi connectivity index (χ0n) is 9.81. The van der Waals surface area contributed by atoms with E-state index in [9.17, 15) is 4.79 Å². The van der Waals surface area contributed by atoms with Crippen molar-refractivity contribution in [2.24, 2.45) is 0 Å². The van der Waals surface area contributed by atoms with Crippen molar-refractivity contribution in [3.8, 4) is 0 Å². The fourth-order valence-corrected chi connectivity index (χ4v) is 3.58. The number of thiophene rings is 1. The number of hydrogen-bond donors (Lipinski definition) is 1. The highest BCUT2D eigenvalue weighted by Crippen LogP contribution is 2.27. The number of carboxylic acids is 1. The van der Waals surface area contributed by atoms with Crippen molar-refractivity contribution in [3.05, 3.63) is 31.4 Å². The van der Waals surface area contributed by atoms with Gasteiger partial charge in [0.05, 0.1) is 3.79 Å². The maximum Gasteiger partial charge on any atom is 0.355 e. The Morgan fingerprint density at radius 1 is 1.61 bits per heavy atom. The predicted octanol–water partition coefficient (Wildman–Crippen LogP) is 3.61. The molecule has 7 heteroatoms. The first-order valence-corrected chi connectivity index (χ1v) is 7.61. The number of thiazole rings is 1. The lowest BCUT2D eigenvalue weighted by Crippen LogP contribution is -2.15. The summed E-state index contributed by atoms with van der Waals surface area (Å²) in [5.41, 5.74) is 1.33. The summed E-state index contributed by atoms with van der Waals surface area (Å²) in [6.45, 7) is 2.49. The number of aromatic nitrogens is 1. The Bertz CT molecular complexity index is 579. The monoisotopic (exact) mass is 346 g/mol. The van der Waals surface area contributed by atoms with E-state index in [0.29, 0.717) is 6.54 Å². The first kappa shape index (κ1) is 13.5. The molecule has 96 valence electrons. The van der Waals surface area contributed by atoms with Crippen molar-refractivity contribution in [3.63, 3.8) is 0 Å². The van der Waals surface area contributed by atoms with Gasteiger partial charge in [0.1, 0.15) is 0 Å². The number of anilines is 1. The fourth-order valence-electron chi connectivity index (χ4n) is 1.51. The molecule has 0 amide bonds. The Kier molecular flexibility index (Phi) is 4.04. The van der Waals surface area contributed by atoms with Gasteiger partial charge in [-0.25, -0.2) is 9.78 Å². The summed E-state index contributed by atoms with van der Waals surface area (Å²) in [5, 5.41) is 11.8. The second-order valence-electron chi connectivity index (χ2n) is 3.82. The van der Waals surface area contributed by atoms with Gasteiger partial charge in [-0.15, -0.1) is 22.7 Å². The van der Waals surface area contributed by atoms with E-state index < -0.39 is 5.97 Å². The Balaban J connectivity index is 2.16. The van der Waals surface area contributed by atoms with Gasteiger partial charge in [0, 0.05) is 18.5 Å². The van der Waals surface area contributed by atoms with Crippen LogP contribution in [0.25, 0.3) is 0 Å². The molecule has 0 atom stereocenters. The lowest BCUT2D eigenvalue weighted by atomic mass is 10.3. The number of aromatic carboxylic acids is 1. The van der Waals surface area contributed by atoms with Crippen LogP contribution in [0.2, 0.25) is 0 Å². The molecule has 0 aliphatic heterocycles. The molecule has 0 aliphatic rings. The van der Waals surface area contributed by atoms with E-state index >= 15 is 0 Å². The van der Waals surface area contributed by atoms with E-state index in [1.807, 2.05) is 11.9 Å². The SMILES string of the molecule is Cc1sc(N(C)Cc2csc(Br)c2)nc1C(=O)O. The molecule has 2 aromatic rings. The summed E-state index contributed by atoms with van der Waals surface area (Å²) in [4.78, 5) is 17.8. The Hall–Kier alpha value is -0.920. The van der Waals surface area contributed by atoms with Crippen LogP contribution in [0.3, 0.4) is 0 Å². The van der Waals surface area contributed by atoms with Crippen molar-refractivity contribution >= 4 is 49.7 Å². The van der Waals surface area contributed by atoms with Crippen LogP contribution in [-0.4, -0.2) is 23.1 Å². The average molecular weight is 347 g/mol. The Morgan fingerprint density at radius 3 is 2.83 bits per heavy atom. The molecule has 0 spiro atoms. The molecule has 0 saturated carbocycles. The Morgan fingerprint density at radius 2 is 2.33 bits per heavy atom. The molecule has 2 rings (SSSR count). The molecule has 0 bridgehead atoms. The van der Waals surface area contributed by atoms with Gasteiger partial charge in [-0.2, -0.15) is 0 Å². The number of carbonyl (C=O) groups is 1. The number of rotatable bonds is 4. The second-order valence-corrected chi connectivity index (χ2v) is 7.29. The molecule has 0 aliphatic carbocycles. The summed E-state index contributed by atoms with van der Waals surface area (Å²) in [7, 11) is 1.91. The van der Waals surface area contributed by atoms with Gasteiger partial charge in [0.25, 0.3) is 0 Å². The van der Waals surface area contributed by atoms with E-state index in [-0.39, 0.29) is 5.69 Å². The normalized spacial score (nSPS) is 10.6. The van der Waals surface area contributed by atoms with Gasteiger partial charge in [-0.3, -0.25) is 0 Å². The van der Waals surface area contributed by atoms with Gasteiger partial charge < -0.3 is 10.0 Å². The Labute approximate surface area is 121 Å². The van der Waals surface area contributed by atoms with Crippen LogP contribution in [0, 0.1) is 6.92 Å². The fraction of sp³-hybridized carbons (Fsp3) is 0.273. The molecule has 0 radical (unpaired) electrons. The molecule has 0 fully saturated rings. The minimum absolute atomic E-state index is 0.147. The van der Waals surface area contributed by atoms with Crippen molar-refractivity contribution < 1.29 is 9.90 Å². The summed E-state index contributed by atoms with van der Waals surface area (Å²) < 4.78 is 1.09. The van der Waals surface area contributed by atoms with Crippen molar-refractivity contribution in [1.82, 2.24) is 4.98 Å². The summed E-state index contributed by atoms with van der Waals surface area (Å²) in [5.74, 6) is -0.971. The lowest BCUT2D eigenvalue weighted by molar-refractivity contribution is 0.0690. The van der Waals surface area contributed by atoms with Gasteiger partial charge in [-0.1, -0.05) is 0 Å². The van der Waals surface area contributed by atoms with Crippen LogP contribution in [0.15, 0.2) is 15.2 Å². The third-order valence-corrected chi connectivity index (χ3v) is 4.99. The standard InChI is InChI=1S/C11H11BrN2O2S2/c1-6-9(10(15)16)13-11(18-6)14(2)4-7-3-8(12)17-5-7/h3,5H,4H2,1-2H3,(H,15,16). The molecule has 0 unspecified atom stereocenters. The van der Waals surface area contributed by atoms with Crippen molar-refractivity contribution in [2.75, 3.05) is 11.9 Å². The van der Waals surface area contributed by atoms with Crippen LogP contribution in [-0.2, 0) is 6.54 Å². The summed E-state index contributed by atoms with van der Waals surface area (Å²) in [6.07, 6.45) is 0. The quantitative estimate of drug-likeness (QED) is 0.918. The predicted molar refractivity (Wildman–Crippen MR) is 77.9 cm³/mol. The maximum absolute atomic E-state index is 10.9. The third-order valence-electron chi connectivity index (χ3n) is 2.36. The molecular formula is C11H11BrN2O2S2. The number of aryl methyl sites for hydroxylation is 1.